The highest BCUT2D eigenvalue weighted by Gasteiger charge is 2.32. The summed E-state index contributed by atoms with van der Waals surface area (Å²) in [7, 11) is -3.49. The Morgan fingerprint density at radius 3 is 2.73 bits per heavy atom. The molecule has 0 N–H and O–H groups in total. The van der Waals surface area contributed by atoms with Crippen LogP contribution in [0.5, 0.6) is 5.75 Å². The number of piperidine rings is 1. The van der Waals surface area contributed by atoms with Gasteiger partial charge in [-0.1, -0.05) is 11.6 Å². The number of pyridine rings is 1. The van der Waals surface area contributed by atoms with Crippen LogP contribution in [0.2, 0.25) is 4.34 Å². The van der Waals surface area contributed by atoms with Gasteiger partial charge in [0.05, 0.1) is 10.9 Å². The number of rotatable bonds is 4. The third-order valence-corrected chi connectivity index (χ3v) is 7.00. The fraction of sp³-hybridized carbons (Fsp3) is 0.357. The molecule has 8 heteroatoms. The topological polar surface area (TPSA) is 59.5 Å². The standard InChI is InChI=1S/C14H15ClN2O3S2/c15-13-3-4-14(21-13)22(18,19)17-9-1-2-12(10-17)20-11-5-7-16-8-6-11/h3-8,12H,1-2,9-10H2. The van der Waals surface area contributed by atoms with Crippen LogP contribution < -0.4 is 4.74 Å². The van der Waals surface area contributed by atoms with Crippen LogP contribution in [0.3, 0.4) is 0 Å². The van der Waals surface area contributed by atoms with E-state index in [1.54, 1.807) is 36.7 Å². The van der Waals surface area contributed by atoms with Gasteiger partial charge < -0.3 is 4.74 Å². The van der Waals surface area contributed by atoms with Crippen LogP contribution in [0, 0.1) is 0 Å². The van der Waals surface area contributed by atoms with Crippen molar-refractivity contribution in [1.29, 1.82) is 0 Å². The van der Waals surface area contributed by atoms with E-state index in [2.05, 4.69) is 4.98 Å². The van der Waals surface area contributed by atoms with Crippen LogP contribution in [-0.4, -0.2) is 36.9 Å². The molecule has 0 bridgehead atoms. The van der Waals surface area contributed by atoms with E-state index in [1.165, 1.54) is 4.31 Å². The number of hydrogen-bond acceptors (Lipinski definition) is 5. The van der Waals surface area contributed by atoms with E-state index in [9.17, 15) is 8.42 Å². The highest BCUT2D eigenvalue weighted by Crippen LogP contribution is 2.30. The monoisotopic (exact) mass is 358 g/mol. The van der Waals surface area contributed by atoms with Crippen LogP contribution in [0.4, 0.5) is 0 Å². The first-order chi connectivity index (χ1) is 10.6. The first-order valence-electron chi connectivity index (χ1n) is 6.88. The summed E-state index contributed by atoms with van der Waals surface area (Å²) < 4.78 is 33.3. The summed E-state index contributed by atoms with van der Waals surface area (Å²) in [6, 6.07) is 6.70. The summed E-state index contributed by atoms with van der Waals surface area (Å²) >= 11 is 6.93. The zero-order chi connectivity index (χ0) is 15.6. The van der Waals surface area contributed by atoms with Gasteiger partial charge in [0, 0.05) is 18.9 Å². The number of thiophene rings is 1. The first-order valence-corrected chi connectivity index (χ1v) is 9.51. The lowest BCUT2D eigenvalue weighted by Gasteiger charge is -2.31. The molecule has 0 spiro atoms. The Hall–Kier alpha value is -1.15. The van der Waals surface area contributed by atoms with Crippen molar-refractivity contribution in [2.24, 2.45) is 0 Å². The second kappa shape index (κ2) is 6.54. The predicted molar refractivity (Wildman–Crippen MR) is 86.0 cm³/mol. The largest absolute Gasteiger partial charge is 0.489 e. The van der Waals surface area contributed by atoms with Crippen LogP contribution in [-0.2, 0) is 10.0 Å². The number of halogens is 1. The van der Waals surface area contributed by atoms with Crippen molar-refractivity contribution in [3.63, 3.8) is 0 Å². The summed E-state index contributed by atoms with van der Waals surface area (Å²) in [5.41, 5.74) is 0. The second-order valence-electron chi connectivity index (χ2n) is 4.99. The van der Waals surface area contributed by atoms with E-state index in [4.69, 9.17) is 16.3 Å². The van der Waals surface area contributed by atoms with Crippen molar-refractivity contribution < 1.29 is 13.2 Å². The molecule has 1 unspecified atom stereocenters. The van der Waals surface area contributed by atoms with E-state index in [-0.39, 0.29) is 10.3 Å². The third-order valence-electron chi connectivity index (χ3n) is 3.44. The molecule has 1 aliphatic rings. The van der Waals surface area contributed by atoms with Gasteiger partial charge >= 0.3 is 0 Å². The molecular weight excluding hydrogens is 344 g/mol. The van der Waals surface area contributed by atoms with Crippen LogP contribution in [0.15, 0.2) is 40.9 Å². The van der Waals surface area contributed by atoms with Crippen molar-refractivity contribution in [3.05, 3.63) is 41.0 Å². The average Bonchev–Trinajstić information content (AvgIpc) is 2.96. The molecule has 3 rings (SSSR count). The van der Waals surface area contributed by atoms with Crippen LogP contribution in [0.1, 0.15) is 12.8 Å². The smallest absolute Gasteiger partial charge is 0.252 e. The molecule has 0 aliphatic carbocycles. The molecule has 118 valence electrons. The van der Waals surface area contributed by atoms with Gasteiger partial charge in [0.15, 0.2) is 0 Å². The highest BCUT2D eigenvalue weighted by molar-refractivity contribution is 7.91. The molecule has 1 aliphatic heterocycles. The number of hydrogen-bond donors (Lipinski definition) is 0. The zero-order valence-corrected chi connectivity index (χ0v) is 14.1. The SMILES string of the molecule is O=S(=O)(c1ccc(Cl)s1)N1CCCC(Oc2ccncc2)C1. The molecule has 22 heavy (non-hydrogen) atoms. The molecular formula is C14H15ClN2O3S2. The maximum atomic E-state index is 12.6. The third kappa shape index (κ3) is 3.43. The van der Waals surface area contributed by atoms with Crippen molar-refractivity contribution in [3.8, 4) is 5.75 Å². The molecule has 0 aromatic carbocycles. The average molecular weight is 359 g/mol. The van der Waals surface area contributed by atoms with Gasteiger partial charge in [-0.2, -0.15) is 4.31 Å². The predicted octanol–water partition coefficient (Wildman–Crippen LogP) is 3.03. The lowest BCUT2D eigenvalue weighted by atomic mass is 10.1. The highest BCUT2D eigenvalue weighted by atomic mass is 35.5. The fourth-order valence-electron chi connectivity index (χ4n) is 2.39. The molecule has 1 atom stereocenters. The molecule has 2 aromatic rings. The van der Waals surface area contributed by atoms with Gasteiger partial charge in [-0.15, -0.1) is 11.3 Å². The van der Waals surface area contributed by atoms with Crippen molar-refractivity contribution in [2.75, 3.05) is 13.1 Å². The minimum Gasteiger partial charge on any atom is -0.489 e. The summed E-state index contributed by atoms with van der Waals surface area (Å²) in [4.78, 5) is 3.94. The Morgan fingerprint density at radius 1 is 1.27 bits per heavy atom. The van der Waals surface area contributed by atoms with Crippen LogP contribution >= 0.6 is 22.9 Å². The minimum absolute atomic E-state index is 0.152. The summed E-state index contributed by atoms with van der Waals surface area (Å²) in [5, 5.41) is 0. The second-order valence-corrected chi connectivity index (χ2v) is 8.87. The maximum absolute atomic E-state index is 12.6. The lowest BCUT2D eigenvalue weighted by Crippen LogP contribution is -2.44. The van der Waals surface area contributed by atoms with Gasteiger partial charge in [-0.25, -0.2) is 8.42 Å². The summed E-state index contributed by atoms with van der Waals surface area (Å²) in [6.45, 7) is 0.855. The Morgan fingerprint density at radius 2 is 2.05 bits per heavy atom. The van der Waals surface area contributed by atoms with Gasteiger partial charge in [0.25, 0.3) is 10.0 Å². The number of nitrogens with zero attached hydrogens (tertiary/aromatic N) is 2. The van der Waals surface area contributed by atoms with Crippen molar-refractivity contribution in [2.45, 2.75) is 23.2 Å². The van der Waals surface area contributed by atoms with Gasteiger partial charge in [-0.05, 0) is 37.1 Å². The van der Waals surface area contributed by atoms with Crippen LogP contribution in [0.25, 0.3) is 0 Å². The molecule has 2 aromatic heterocycles. The Balaban J connectivity index is 1.73. The zero-order valence-electron chi connectivity index (χ0n) is 11.7. The lowest BCUT2D eigenvalue weighted by molar-refractivity contribution is 0.130. The molecule has 1 saturated heterocycles. The molecule has 0 amide bonds. The molecule has 0 radical (unpaired) electrons. The summed E-state index contributed by atoms with van der Waals surface area (Å²) in [6.07, 6.45) is 4.76. The maximum Gasteiger partial charge on any atom is 0.252 e. The van der Waals surface area contributed by atoms with Crippen molar-refractivity contribution in [1.82, 2.24) is 9.29 Å². The Bertz CT molecular complexity index is 734. The number of aromatic nitrogens is 1. The quantitative estimate of drug-likeness (QED) is 0.842. The summed E-state index contributed by atoms with van der Waals surface area (Å²) in [5.74, 6) is 0.707. The molecule has 5 nitrogen and oxygen atoms in total. The van der Waals surface area contributed by atoms with E-state index < -0.39 is 10.0 Å². The van der Waals surface area contributed by atoms with Gasteiger partial charge in [0.1, 0.15) is 16.1 Å². The van der Waals surface area contributed by atoms with E-state index >= 15 is 0 Å². The minimum atomic E-state index is -3.49. The number of sulfonamides is 1. The molecule has 3 heterocycles. The Kier molecular flexibility index (Phi) is 4.67. The van der Waals surface area contributed by atoms with E-state index in [0.717, 1.165) is 24.2 Å². The molecule has 0 saturated carbocycles. The fourth-order valence-corrected chi connectivity index (χ4v) is 5.54. The van der Waals surface area contributed by atoms with Crippen molar-refractivity contribution >= 4 is 33.0 Å². The van der Waals surface area contributed by atoms with Gasteiger partial charge in [-0.3, -0.25) is 4.98 Å². The van der Waals surface area contributed by atoms with E-state index in [0.29, 0.717) is 23.2 Å². The first kappa shape index (κ1) is 15.7. The molecule has 1 fully saturated rings. The normalized spacial score (nSPS) is 20.0. The van der Waals surface area contributed by atoms with E-state index in [1.807, 2.05) is 0 Å². The van der Waals surface area contributed by atoms with Gasteiger partial charge in [0.2, 0.25) is 0 Å². The Labute approximate surface area is 138 Å². The number of ether oxygens (including phenoxy) is 1.